The number of rotatable bonds is 8. The Hall–Kier alpha value is -0.540. The molecule has 0 spiro atoms. The highest BCUT2D eigenvalue weighted by atomic mass is 79.9. The van der Waals surface area contributed by atoms with Crippen molar-refractivity contribution in [2.45, 2.75) is 59.5 Å². The van der Waals surface area contributed by atoms with Crippen molar-refractivity contribution in [3.8, 4) is 0 Å². The predicted octanol–water partition coefficient (Wildman–Crippen LogP) is 5.38. The first-order valence-electron chi connectivity index (χ1n) is 8.17. The minimum atomic E-state index is 0.377. The van der Waals surface area contributed by atoms with Crippen LogP contribution in [0.4, 0.5) is 5.69 Å². The van der Waals surface area contributed by atoms with E-state index >= 15 is 0 Å². The molecule has 1 aromatic carbocycles. The lowest BCUT2D eigenvalue weighted by atomic mass is 10.0. The van der Waals surface area contributed by atoms with E-state index in [0.717, 1.165) is 6.54 Å². The molecule has 0 amide bonds. The topological polar surface area (TPSA) is 15.3 Å². The third kappa shape index (κ3) is 5.00. The third-order valence-corrected chi connectivity index (χ3v) is 4.79. The molecule has 0 aromatic heterocycles. The van der Waals surface area contributed by atoms with Gasteiger partial charge in [-0.3, -0.25) is 0 Å². The van der Waals surface area contributed by atoms with Crippen molar-refractivity contribution < 1.29 is 0 Å². The van der Waals surface area contributed by atoms with E-state index in [4.69, 9.17) is 0 Å². The van der Waals surface area contributed by atoms with E-state index in [1.165, 1.54) is 28.6 Å². The normalized spacial score (nSPS) is 13.0. The van der Waals surface area contributed by atoms with Gasteiger partial charge in [-0.05, 0) is 66.4 Å². The minimum absolute atomic E-state index is 0.377. The van der Waals surface area contributed by atoms with Gasteiger partial charge in [0.15, 0.2) is 0 Å². The molecule has 120 valence electrons. The quantitative estimate of drug-likeness (QED) is 0.673. The Labute approximate surface area is 139 Å². The van der Waals surface area contributed by atoms with Crippen molar-refractivity contribution in [1.82, 2.24) is 5.32 Å². The molecule has 1 rings (SSSR count). The van der Waals surface area contributed by atoms with E-state index in [2.05, 4.69) is 79.0 Å². The number of hydrogen-bond donors (Lipinski definition) is 1. The number of nitrogens with zero attached hydrogens (tertiary/aromatic N) is 1. The Morgan fingerprint density at radius 3 is 2.19 bits per heavy atom. The van der Waals surface area contributed by atoms with E-state index in [1.807, 2.05) is 7.05 Å². The molecule has 0 bridgehead atoms. The second-order valence-corrected chi connectivity index (χ2v) is 7.09. The van der Waals surface area contributed by atoms with Crippen LogP contribution < -0.4 is 10.2 Å². The summed E-state index contributed by atoms with van der Waals surface area (Å²) in [5, 5.41) is 3.30. The molecular weight excluding hydrogens is 324 g/mol. The van der Waals surface area contributed by atoms with Crippen molar-refractivity contribution in [2.75, 3.05) is 18.5 Å². The molecule has 1 unspecified atom stereocenters. The molecule has 0 heterocycles. The number of benzene rings is 1. The van der Waals surface area contributed by atoms with E-state index in [0.29, 0.717) is 18.0 Å². The lowest BCUT2D eigenvalue weighted by molar-refractivity contribution is 0.507. The van der Waals surface area contributed by atoms with Crippen LogP contribution in [0.25, 0.3) is 0 Å². The smallest absolute Gasteiger partial charge is 0.0513 e. The van der Waals surface area contributed by atoms with Crippen LogP contribution in [-0.4, -0.2) is 19.6 Å². The molecular formula is C18H31BrN2. The Morgan fingerprint density at radius 1 is 1.14 bits per heavy atom. The maximum Gasteiger partial charge on any atom is 0.0513 e. The molecule has 3 heteroatoms. The van der Waals surface area contributed by atoms with Gasteiger partial charge in [-0.2, -0.15) is 0 Å². The van der Waals surface area contributed by atoms with Gasteiger partial charge >= 0.3 is 0 Å². The van der Waals surface area contributed by atoms with Crippen LogP contribution >= 0.6 is 15.9 Å². The van der Waals surface area contributed by atoms with Gasteiger partial charge in [0.1, 0.15) is 0 Å². The van der Waals surface area contributed by atoms with Crippen LogP contribution in [0, 0.1) is 5.92 Å². The Bertz CT molecular complexity index is 427. The summed E-state index contributed by atoms with van der Waals surface area (Å²) < 4.78 is 1.20. The third-order valence-electron chi connectivity index (χ3n) is 4.16. The first kappa shape index (κ1) is 18.5. The second-order valence-electron chi connectivity index (χ2n) is 6.24. The molecule has 0 saturated carbocycles. The summed E-state index contributed by atoms with van der Waals surface area (Å²) in [5.74, 6) is 0.661. The number of halogens is 1. The highest BCUT2D eigenvalue weighted by Crippen LogP contribution is 2.32. The van der Waals surface area contributed by atoms with Gasteiger partial charge in [0.25, 0.3) is 0 Å². The fraction of sp³-hybridized carbons (Fsp3) is 0.667. The van der Waals surface area contributed by atoms with Gasteiger partial charge in [-0.1, -0.05) is 33.8 Å². The lowest BCUT2D eigenvalue weighted by Crippen LogP contribution is -2.37. The van der Waals surface area contributed by atoms with E-state index in [1.54, 1.807) is 0 Å². The lowest BCUT2D eigenvalue weighted by Gasteiger charge is -2.35. The summed E-state index contributed by atoms with van der Waals surface area (Å²) >= 11 is 3.79. The fourth-order valence-corrected chi connectivity index (χ4v) is 3.38. The van der Waals surface area contributed by atoms with Gasteiger partial charge < -0.3 is 10.2 Å². The zero-order chi connectivity index (χ0) is 16.0. The summed E-state index contributed by atoms with van der Waals surface area (Å²) in [6.07, 6.45) is 2.37. The highest BCUT2D eigenvalue weighted by molar-refractivity contribution is 9.10. The van der Waals surface area contributed by atoms with Crippen molar-refractivity contribution in [1.29, 1.82) is 0 Å². The largest absolute Gasteiger partial charge is 0.367 e. The molecule has 0 aliphatic rings. The number of anilines is 1. The summed E-state index contributed by atoms with van der Waals surface area (Å²) in [7, 11) is 2.00. The van der Waals surface area contributed by atoms with Crippen LogP contribution in [0.3, 0.4) is 0 Å². The second kappa shape index (κ2) is 8.79. The molecule has 1 aromatic rings. The van der Waals surface area contributed by atoms with Crippen LogP contribution in [-0.2, 0) is 0 Å². The van der Waals surface area contributed by atoms with Crippen LogP contribution in [0.1, 0.15) is 59.1 Å². The molecule has 1 N–H and O–H groups in total. The molecule has 0 radical (unpaired) electrons. The number of hydrogen-bond acceptors (Lipinski definition) is 2. The standard InChI is InChI=1S/C18H31BrN2/c1-7-16(8-2)21(12-13(3)4)18-10-9-15(11-17(18)19)14(5)20-6/h9-11,13-14,16,20H,7-8,12H2,1-6H3. The SMILES string of the molecule is CCC(CC)N(CC(C)C)c1ccc(C(C)NC)cc1Br. The average Bonchev–Trinajstić information content (AvgIpc) is 2.46. The average molecular weight is 355 g/mol. The van der Waals surface area contributed by atoms with Crippen LogP contribution in [0.5, 0.6) is 0 Å². The maximum absolute atomic E-state index is 3.79. The summed E-state index contributed by atoms with van der Waals surface area (Å²) in [4.78, 5) is 2.57. The Balaban J connectivity index is 3.12. The summed E-state index contributed by atoms with van der Waals surface area (Å²) in [5.41, 5.74) is 2.65. The Kier molecular flexibility index (Phi) is 7.75. The molecule has 0 fully saturated rings. The van der Waals surface area contributed by atoms with Crippen LogP contribution in [0.15, 0.2) is 22.7 Å². The molecule has 0 aliphatic heterocycles. The predicted molar refractivity (Wildman–Crippen MR) is 98.2 cm³/mol. The monoisotopic (exact) mass is 354 g/mol. The van der Waals surface area contributed by atoms with E-state index in [9.17, 15) is 0 Å². The van der Waals surface area contributed by atoms with Crippen molar-refractivity contribution in [3.63, 3.8) is 0 Å². The van der Waals surface area contributed by atoms with Gasteiger partial charge in [0.2, 0.25) is 0 Å². The fourth-order valence-electron chi connectivity index (χ4n) is 2.76. The first-order chi connectivity index (χ1) is 9.94. The molecule has 0 aliphatic carbocycles. The summed E-state index contributed by atoms with van der Waals surface area (Å²) in [6, 6.07) is 7.76. The van der Waals surface area contributed by atoms with Crippen LogP contribution in [0.2, 0.25) is 0 Å². The highest BCUT2D eigenvalue weighted by Gasteiger charge is 2.19. The molecule has 1 atom stereocenters. The van der Waals surface area contributed by atoms with E-state index in [-0.39, 0.29) is 0 Å². The van der Waals surface area contributed by atoms with Crippen molar-refractivity contribution in [3.05, 3.63) is 28.2 Å². The minimum Gasteiger partial charge on any atom is -0.367 e. The van der Waals surface area contributed by atoms with Gasteiger partial charge in [0.05, 0.1) is 5.69 Å². The van der Waals surface area contributed by atoms with Crippen molar-refractivity contribution >= 4 is 21.6 Å². The van der Waals surface area contributed by atoms with Crippen molar-refractivity contribution in [2.24, 2.45) is 5.92 Å². The van der Waals surface area contributed by atoms with Gasteiger partial charge in [0, 0.05) is 23.1 Å². The van der Waals surface area contributed by atoms with E-state index < -0.39 is 0 Å². The van der Waals surface area contributed by atoms with Gasteiger partial charge in [-0.25, -0.2) is 0 Å². The zero-order valence-electron chi connectivity index (χ0n) is 14.4. The maximum atomic E-state index is 3.79. The summed E-state index contributed by atoms with van der Waals surface area (Å²) in [6.45, 7) is 12.4. The van der Waals surface area contributed by atoms with Gasteiger partial charge in [-0.15, -0.1) is 0 Å². The number of nitrogens with one attached hydrogen (secondary N) is 1. The molecule has 21 heavy (non-hydrogen) atoms. The molecule has 0 saturated heterocycles. The Morgan fingerprint density at radius 2 is 1.76 bits per heavy atom. The first-order valence-corrected chi connectivity index (χ1v) is 8.97. The molecule has 2 nitrogen and oxygen atoms in total. The zero-order valence-corrected chi connectivity index (χ0v) is 16.0.